The summed E-state index contributed by atoms with van der Waals surface area (Å²) in [5.41, 5.74) is 2.30. The summed E-state index contributed by atoms with van der Waals surface area (Å²) in [5.74, 6) is 1.48. The van der Waals surface area contributed by atoms with E-state index in [-0.39, 0.29) is 0 Å². The Kier molecular flexibility index (Phi) is 4.86. The zero-order valence-electron chi connectivity index (χ0n) is 14.8. The largest absolute Gasteiger partial charge is 0.372 e. The third-order valence-corrected chi connectivity index (χ3v) is 5.00. The smallest absolute Gasteiger partial charge is 0.227 e. The second-order valence-corrected chi connectivity index (χ2v) is 6.74. The lowest BCUT2D eigenvalue weighted by Gasteiger charge is -2.32. The maximum atomic E-state index is 10.8. The molecule has 2 aliphatic heterocycles. The van der Waals surface area contributed by atoms with Crippen LogP contribution in [0.25, 0.3) is 0 Å². The van der Waals surface area contributed by atoms with Crippen LogP contribution >= 0.6 is 0 Å². The average Bonchev–Trinajstić information content (AvgIpc) is 3.24. The number of aromatic nitrogens is 2. The molecular weight excluding hydrogens is 328 g/mol. The van der Waals surface area contributed by atoms with E-state index in [1.54, 1.807) is 11.1 Å². The number of carbonyl (C=O) groups excluding carboxylic acids is 1. The molecule has 26 heavy (non-hydrogen) atoms. The summed E-state index contributed by atoms with van der Waals surface area (Å²) in [6.07, 6.45) is 5.24. The van der Waals surface area contributed by atoms with Crippen molar-refractivity contribution in [2.24, 2.45) is 0 Å². The summed E-state index contributed by atoms with van der Waals surface area (Å²) in [7, 11) is 0. The second-order valence-electron chi connectivity index (χ2n) is 6.74. The van der Waals surface area contributed by atoms with Crippen LogP contribution in [0.3, 0.4) is 0 Å². The Labute approximate surface area is 153 Å². The van der Waals surface area contributed by atoms with Gasteiger partial charge in [0, 0.05) is 56.8 Å². The van der Waals surface area contributed by atoms with Gasteiger partial charge in [-0.2, -0.15) is 4.98 Å². The molecule has 1 N–H and O–H groups in total. The summed E-state index contributed by atoms with van der Waals surface area (Å²) in [6.45, 7) is 5.24. The number of rotatable bonds is 5. The molecule has 2 aliphatic rings. The Morgan fingerprint density at radius 2 is 1.62 bits per heavy atom. The molecule has 2 saturated heterocycles. The van der Waals surface area contributed by atoms with Crippen molar-refractivity contribution in [1.82, 2.24) is 14.9 Å². The summed E-state index contributed by atoms with van der Waals surface area (Å²) >= 11 is 0. The van der Waals surface area contributed by atoms with E-state index in [1.807, 2.05) is 6.07 Å². The second kappa shape index (κ2) is 7.59. The molecule has 0 unspecified atom stereocenters. The van der Waals surface area contributed by atoms with E-state index in [1.165, 1.54) is 18.5 Å². The van der Waals surface area contributed by atoms with Gasteiger partial charge in [-0.05, 0) is 43.2 Å². The Morgan fingerprint density at radius 3 is 2.31 bits per heavy atom. The molecule has 0 spiro atoms. The molecule has 136 valence electrons. The minimum Gasteiger partial charge on any atom is -0.372 e. The van der Waals surface area contributed by atoms with Gasteiger partial charge >= 0.3 is 0 Å². The molecule has 4 rings (SSSR count). The molecule has 1 aromatic heterocycles. The topological polar surface area (TPSA) is 64.6 Å². The summed E-state index contributed by atoms with van der Waals surface area (Å²) in [4.78, 5) is 26.2. The fourth-order valence-corrected chi connectivity index (χ4v) is 3.48. The minimum absolute atomic E-state index is 0.703. The standard InChI is InChI=1S/C19H24N6O/c26-15-23-11-13-25(14-12-23)19-20-8-7-18(22-19)21-16-3-5-17(6-4-16)24-9-1-2-10-24/h3-8,15H,1-2,9-14H2,(H,20,21,22). The van der Waals surface area contributed by atoms with Gasteiger partial charge in [0.05, 0.1) is 0 Å². The van der Waals surface area contributed by atoms with Gasteiger partial charge in [0.1, 0.15) is 5.82 Å². The molecule has 0 bridgehead atoms. The van der Waals surface area contributed by atoms with E-state index >= 15 is 0 Å². The minimum atomic E-state index is 0.703. The van der Waals surface area contributed by atoms with Crippen LogP contribution in [0.4, 0.5) is 23.1 Å². The van der Waals surface area contributed by atoms with Crippen molar-refractivity contribution in [3.05, 3.63) is 36.5 Å². The van der Waals surface area contributed by atoms with Crippen molar-refractivity contribution in [3.63, 3.8) is 0 Å². The maximum absolute atomic E-state index is 10.8. The van der Waals surface area contributed by atoms with Gasteiger partial charge in [0.15, 0.2) is 0 Å². The Bertz CT molecular complexity index is 736. The lowest BCUT2D eigenvalue weighted by Crippen LogP contribution is -2.46. The van der Waals surface area contributed by atoms with Gasteiger partial charge in [-0.15, -0.1) is 0 Å². The van der Waals surface area contributed by atoms with Crippen LogP contribution in [-0.2, 0) is 4.79 Å². The van der Waals surface area contributed by atoms with Crippen LogP contribution in [0.2, 0.25) is 0 Å². The maximum Gasteiger partial charge on any atom is 0.227 e. The van der Waals surface area contributed by atoms with Crippen LogP contribution in [0.1, 0.15) is 12.8 Å². The number of anilines is 4. The highest BCUT2D eigenvalue weighted by Crippen LogP contribution is 2.24. The molecule has 2 aromatic rings. The Morgan fingerprint density at radius 1 is 0.885 bits per heavy atom. The van der Waals surface area contributed by atoms with Crippen LogP contribution < -0.4 is 15.1 Å². The van der Waals surface area contributed by atoms with Crippen molar-refractivity contribution in [1.29, 1.82) is 0 Å². The van der Waals surface area contributed by atoms with Crippen LogP contribution in [0.15, 0.2) is 36.5 Å². The molecule has 0 aliphatic carbocycles. The van der Waals surface area contributed by atoms with Gasteiger partial charge in [-0.3, -0.25) is 4.79 Å². The van der Waals surface area contributed by atoms with Gasteiger partial charge in [-0.25, -0.2) is 4.98 Å². The average molecular weight is 352 g/mol. The highest BCUT2D eigenvalue weighted by Gasteiger charge is 2.18. The SMILES string of the molecule is O=CN1CCN(c2nccc(Nc3ccc(N4CCCC4)cc3)n2)CC1. The van der Waals surface area contributed by atoms with E-state index in [0.29, 0.717) is 19.0 Å². The molecule has 7 nitrogen and oxygen atoms in total. The van der Waals surface area contributed by atoms with Crippen LogP contribution in [-0.4, -0.2) is 60.5 Å². The fraction of sp³-hybridized carbons (Fsp3) is 0.421. The summed E-state index contributed by atoms with van der Waals surface area (Å²) < 4.78 is 0. The third kappa shape index (κ3) is 3.71. The Balaban J connectivity index is 1.41. The number of hydrogen-bond acceptors (Lipinski definition) is 6. The molecule has 0 atom stereocenters. The van der Waals surface area contributed by atoms with E-state index in [9.17, 15) is 4.79 Å². The molecule has 3 heterocycles. The fourth-order valence-electron chi connectivity index (χ4n) is 3.48. The van der Waals surface area contributed by atoms with E-state index < -0.39 is 0 Å². The molecule has 0 radical (unpaired) electrons. The number of benzene rings is 1. The number of nitrogens with one attached hydrogen (secondary N) is 1. The number of piperazine rings is 1. The highest BCUT2D eigenvalue weighted by molar-refractivity contribution is 5.61. The monoisotopic (exact) mass is 352 g/mol. The summed E-state index contributed by atoms with van der Waals surface area (Å²) in [5, 5.41) is 3.36. The van der Waals surface area contributed by atoms with Crippen molar-refractivity contribution in [2.45, 2.75) is 12.8 Å². The first-order chi connectivity index (χ1) is 12.8. The summed E-state index contributed by atoms with van der Waals surface area (Å²) in [6, 6.07) is 10.4. The molecule has 1 amide bonds. The van der Waals surface area contributed by atoms with E-state index in [2.05, 4.69) is 49.4 Å². The van der Waals surface area contributed by atoms with Gasteiger partial charge in [0.25, 0.3) is 0 Å². The highest BCUT2D eigenvalue weighted by atomic mass is 16.1. The third-order valence-electron chi connectivity index (χ3n) is 5.00. The normalized spacial score (nSPS) is 17.5. The van der Waals surface area contributed by atoms with Gasteiger partial charge in [0.2, 0.25) is 12.4 Å². The van der Waals surface area contributed by atoms with Crippen molar-refractivity contribution in [3.8, 4) is 0 Å². The molecule has 7 heteroatoms. The predicted molar refractivity (Wildman–Crippen MR) is 103 cm³/mol. The van der Waals surface area contributed by atoms with E-state index in [0.717, 1.165) is 44.1 Å². The Hall–Kier alpha value is -2.83. The van der Waals surface area contributed by atoms with Gasteiger partial charge in [-0.1, -0.05) is 0 Å². The number of amides is 1. The quantitative estimate of drug-likeness (QED) is 0.832. The van der Waals surface area contributed by atoms with Crippen molar-refractivity contribution < 1.29 is 4.79 Å². The predicted octanol–water partition coefficient (Wildman–Crippen LogP) is 2.10. The van der Waals surface area contributed by atoms with E-state index in [4.69, 9.17) is 0 Å². The van der Waals surface area contributed by atoms with Crippen molar-refractivity contribution >= 4 is 29.6 Å². The lowest BCUT2D eigenvalue weighted by molar-refractivity contribution is -0.118. The number of nitrogens with zero attached hydrogens (tertiary/aromatic N) is 5. The number of hydrogen-bond donors (Lipinski definition) is 1. The zero-order chi connectivity index (χ0) is 17.8. The molecular formula is C19H24N6O. The first kappa shape index (κ1) is 16.6. The first-order valence-corrected chi connectivity index (χ1v) is 9.21. The lowest BCUT2D eigenvalue weighted by atomic mass is 10.2. The van der Waals surface area contributed by atoms with Crippen LogP contribution in [0.5, 0.6) is 0 Å². The molecule has 2 fully saturated rings. The van der Waals surface area contributed by atoms with Crippen molar-refractivity contribution in [2.75, 3.05) is 54.4 Å². The zero-order valence-corrected chi connectivity index (χ0v) is 14.8. The number of carbonyl (C=O) groups is 1. The molecule has 1 aromatic carbocycles. The van der Waals surface area contributed by atoms with Gasteiger partial charge < -0.3 is 20.0 Å². The first-order valence-electron chi connectivity index (χ1n) is 9.21. The van der Waals surface area contributed by atoms with Crippen LogP contribution in [0, 0.1) is 0 Å². The molecule has 0 saturated carbocycles.